The molecule has 0 aliphatic rings. The molecule has 1 aromatic rings. The predicted molar refractivity (Wildman–Crippen MR) is 78.0 cm³/mol. The van der Waals surface area contributed by atoms with E-state index in [9.17, 15) is 14.0 Å². The van der Waals surface area contributed by atoms with Crippen LogP contribution in [0.4, 0.5) is 14.9 Å². The number of nitrogens with one attached hydrogen (secondary N) is 2. The molecule has 3 N–H and O–H groups in total. The molecule has 0 heterocycles. The largest absolute Gasteiger partial charge is 0.478 e. The second kappa shape index (κ2) is 7.74. The SMILES string of the molecule is CSCCC(C)NC(=O)Nc1ccc(C(=O)O)cc1F. The maximum atomic E-state index is 13.6. The number of carboxylic acids is 1. The summed E-state index contributed by atoms with van der Waals surface area (Å²) in [5.41, 5.74) is -0.216. The first-order valence-corrected chi connectivity index (χ1v) is 7.42. The summed E-state index contributed by atoms with van der Waals surface area (Å²) in [5.74, 6) is -1.08. The van der Waals surface area contributed by atoms with Crippen LogP contribution in [0, 0.1) is 5.82 Å². The second-order valence-electron chi connectivity index (χ2n) is 4.28. The van der Waals surface area contributed by atoms with Gasteiger partial charge in [-0.05, 0) is 43.6 Å². The highest BCUT2D eigenvalue weighted by molar-refractivity contribution is 7.98. The summed E-state index contributed by atoms with van der Waals surface area (Å²) in [4.78, 5) is 22.3. The van der Waals surface area contributed by atoms with Crippen molar-refractivity contribution in [2.75, 3.05) is 17.3 Å². The molecule has 0 bridgehead atoms. The van der Waals surface area contributed by atoms with Crippen molar-refractivity contribution in [2.45, 2.75) is 19.4 Å². The molecule has 0 spiro atoms. The van der Waals surface area contributed by atoms with E-state index < -0.39 is 17.8 Å². The van der Waals surface area contributed by atoms with Crippen molar-refractivity contribution < 1.29 is 19.1 Å². The Kier molecular flexibility index (Phi) is 6.30. The van der Waals surface area contributed by atoms with Crippen molar-refractivity contribution in [3.05, 3.63) is 29.6 Å². The molecule has 0 aliphatic heterocycles. The smallest absolute Gasteiger partial charge is 0.335 e. The van der Waals surface area contributed by atoms with Gasteiger partial charge >= 0.3 is 12.0 Å². The first-order chi connectivity index (χ1) is 9.43. The van der Waals surface area contributed by atoms with Gasteiger partial charge in [0.15, 0.2) is 0 Å². The minimum atomic E-state index is -1.22. The summed E-state index contributed by atoms with van der Waals surface area (Å²) in [5, 5.41) is 13.8. The maximum absolute atomic E-state index is 13.6. The Morgan fingerprint density at radius 1 is 1.45 bits per heavy atom. The number of carbonyl (C=O) groups is 2. The molecule has 2 amide bonds. The molecule has 1 atom stereocenters. The zero-order chi connectivity index (χ0) is 15.1. The zero-order valence-electron chi connectivity index (χ0n) is 11.3. The number of anilines is 1. The van der Waals surface area contributed by atoms with Gasteiger partial charge in [0.2, 0.25) is 0 Å². The summed E-state index contributed by atoms with van der Waals surface area (Å²) in [6.45, 7) is 1.86. The summed E-state index contributed by atoms with van der Waals surface area (Å²) < 4.78 is 13.6. The fourth-order valence-corrected chi connectivity index (χ4v) is 2.09. The lowest BCUT2D eigenvalue weighted by atomic mass is 10.2. The molecular weight excluding hydrogens is 283 g/mol. The van der Waals surface area contributed by atoms with E-state index >= 15 is 0 Å². The van der Waals surface area contributed by atoms with E-state index in [1.165, 1.54) is 12.1 Å². The normalized spacial score (nSPS) is 11.8. The number of halogens is 1. The zero-order valence-corrected chi connectivity index (χ0v) is 12.1. The highest BCUT2D eigenvalue weighted by Crippen LogP contribution is 2.15. The van der Waals surface area contributed by atoms with Gasteiger partial charge < -0.3 is 15.7 Å². The Hall–Kier alpha value is -1.76. The Bertz CT molecular complexity index is 497. The Labute approximate surface area is 120 Å². The van der Waals surface area contributed by atoms with Gasteiger partial charge in [-0.2, -0.15) is 11.8 Å². The van der Waals surface area contributed by atoms with Crippen LogP contribution in [0.25, 0.3) is 0 Å². The Balaban J connectivity index is 2.60. The van der Waals surface area contributed by atoms with E-state index in [1.807, 2.05) is 13.2 Å². The van der Waals surface area contributed by atoms with Crippen molar-refractivity contribution in [1.82, 2.24) is 5.32 Å². The van der Waals surface area contributed by atoms with Gasteiger partial charge in [0.1, 0.15) is 5.82 Å². The van der Waals surface area contributed by atoms with Crippen LogP contribution < -0.4 is 10.6 Å². The van der Waals surface area contributed by atoms with Crippen LogP contribution in [0.15, 0.2) is 18.2 Å². The third-order valence-corrected chi connectivity index (χ3v) is 3.24. The lowest BCUT2D eigenvalue weighted by Gasteiger charge is -2.14. The number of hydrogen-bond donors (Lipinski definition) is 3. The summed E-state index contributed by atoms with van der Waals surface area (Å²) >= 11 is 1.68. The quantitative estimate of drug-likeness (QED) is 0.755. The van der Waals surface area contributed by atoms with E-state index in [1.54, 1.807) is 11.8 Å². The minimum absolute atomic E-state index is 0.0243. The molecule has 0 aromatic heterocycles. The van der Waals surface area contributed by atoms with Crippen LogP contribution in [0.2, 0.25) is 0 Å². The lowest BCUT2D eigenvalue weighted by Crippen LogP contribution is -2.36. The number of amides is 2. The van der Waals surface area contributed by atoms with Crippen LogP contribution in [0.1, 0.15) is 23.7 Å². The van der Waals surface area contributed by atoms with E-state index in [0.717, 1.165) is 18.2 Å². The van der Waals surface area contributed by atoms with E-state index in [-0.39, 0.29) is 17.3 Å². The molecule has 5 nitrogen and oxygen atoms in total. The van der Waals surface area contributed by atoms with Crippen LogP contribution in [0.3, 0.4) is 0 Å². The molecule has 110 valence electrons. The van der Waals surface area contributed by atoms with Gasteiger partial charge in [0, 0.05) is 6.04 Å². The van der Waals surface area contributed by atoms with Crippen molar-refractivity contribution in [3.63, 3.8) is 0 Å². The first kappa shape index (κ1) is 16.3. The molecule has 0 fully saturated rings. The Morgan fingerprint density at radius 2 is 2.15 bits per heavy atom. The summed E-state index contributed by atoms with van der Waals surface area (Å²) in [7, 11) is 0. The van der Waals surface area contributed by atoms with Gasteiger partial charge in [-0.1, -0.05) is 0 Å². The number of benzene rings is 1. The topological polar surface area (TPSA) is 78.4 Å². The fraction of sp³-hybridized carbons (Fsp3) is 0.385. The van der Waals surface area contributed by atoms with Gasteiger partial charge in [-0.15, -0.1) is 0 Å². The third-order valence-electron chi connectivity index (χ3n) is 2.60. The monoisotopic (exact) mass is 300 g/mol. The van der Waals surface area contributed by atoms with E-state index in [0.29, 0.717) is 0 Å². The number of carbonyl (C=O) groups excluding carboxylic acids is 1. The average molecular weight is 300 g/mol. The number of aromatic carboxylic acids is 1. The van der Waals surface area contributed by atoms with Crippen LogP contribution >= 0.6 is 11.8 Å². The molecule has 0 saturated heterocycles. The van der Waals surface area contributed by atoms with Gasteiger partial charge in [0.05, 0.1) is 11.3 Å². The van der Waals surface area contributed by atoms with E-state index in [4.69, 9.17) is 5.11 Å². The molecular formula is C13H17FN2O3S. The van der Waals surface area contributed by atoms with Crippen LogP contribution in [0.5, 0.6) is 0 Å². The minimum Gasteiger partial charge on any atom is -0.478 e. The van der Waals surface area contributed by atoms with Crippen molar-refractivity contribution in [1.29, 1.82) is 0 Å². The number of thioether (sulfide) groups is 1. The van der Waals surface area contributed by atoms with Crippen molar-refractivity contribution in [3.8, 4) is 0 Å². The molecule has 0 aliphatic carbocycles. The molecule has 1 unspecified atom stereocenters. The molecule has 1 aromatic carbocycles. The van der Waals surface area contributed by atoms with Crippen molar-refractivity contribution in [2.24, 2.45) is 0 Å². The molecule has 20 heavy (non-hydrogen) atoms. The van der Waals surface area contributed by atoms with E-state index in [2.05, 4.69) is 10.6 Å². The summed E-state index contributed by atoms with van der Waals surface area (Å²) in [6, 6.07) is 2.79. The van der Waals surface area contributed by atoms with Crippen LogP contribution in [-0.4, -0.2) is 35.2 Å². The lowest BCUT2D eigenvalue weighted by molar-refractivity contribution is 0.0696. The van der Waals surface area contributed by atoms with Crippen LogP contribution in [-0.2, 0) is 0 Å². The van der Waals surface area contributed by atoms with Gasteiger partial charge in [-0.3, -0.25) is 0 Å². The second-order valence-corrected chi connectivity index (χ2v) is 5.27. The van der Waals surface area contributed by atoms with Gasteiger partial charge in [0.25, 0.3) is 0 Å². The Morgan fingerprint density at radius 3 is 2.70 bits per heavy atom. The fourth-order valence-electron chi connectivity index (χ4n) is 1.50. The molecule has 1 rings (SSSR count). The highest BCUT2D eigenvalue weighted by Gasteiger charge is 2.12. The number of hydrogen-bond acceptors (Lipinski definition) is 3. The molecule has 0 saturated carbocycles. The van der Waals surface area contributed by atoms with Gasteiger partial charge in [-0.25, -0.2) is 14.0 Å². The summed E-state index contributed by atoms with van der Waals surface area (Å²) in [6.07, 6.45) is 2.79. The average Bonchev–Trinajstić information content (AvgIpc) is 2.38. The number of urea groups is 1. The standard InChI is InChI=1S/C13H17FN2O3S/c1-8(5-6-20-2)15-13(19)16-11-4-3-9(12(17)18)7-10(11)14/h3-4,7-8H,5-6H2,1-2H3,(H,17,18)(H2,15,16,19). The van der Waals surface area contributed by atoms with Crippen molar-refractivity contribution >= 4 is 29.4 Å². The maximum Gasteiger partial charge on any atom is 0.335 e. The third kappa shape index (κ3) is 5.08. The number of carboxylic acid groups (broad SMARTS) is 1. The first-order valence-electron chi connectivity index (χ1n) is 6.03. The molecule has 0 radical (unpaired) electrons. The molecule has 7 heteroatoms. The number of rotatable bonds is 6. The predicted octanol–water partition coefficient (Wildman–Crippen LogP) is 2.79. The highest BCUT2D eigenvalue weighted by atomic mass is 32.2.